The van der Waals surface area contributed by atoms with Gasteiger partial charge in [-0.05, 0) is 43.7 Å². The molecule has 0 amide bonds. The van der Waals surface area contributed by atoms with E-state index in [0.717, 1.165) is 69.6 Å². The number of nitrogens with zero attached hydrogens (tertiary/aromatic N) is 6. The standard InChI is InChI=1S/C28H35FN6/c1-21(2)32(3)27-25-20-33(19-22-9-11-23(29)12-10-22)14-13-26(25)30-28(31-27)35-17-15-34(16-18-35)24-7-5-4-6-8-24/h4-12,21H,13-20H2,1-3H3. The van der Waals surface area contributed by atoms with Crippen molar-refractivity contribution >= 4 is 17.5 Å². The summed E-state index contributed by atoms with van der Waals surface area (Å²) in [5, 5.41) is 0. The molecule has 0 saturated carbocycles. The van der Waals surface area contributed by atoms with Crippen LogP contribution in [-0.2, 0) is 19.5 Å². The summed E-state index contributed by atoms with van der Waals surface area (Å²) in [5.74, 6) is 1.70. The van der Waals surface area contributed by atoms with Gasteiger partial charge in [0.15, 0.2) is 0 Å². The highest BCUT2D eigenvalue weighted by atomic mass is 19.1. The number of hydrogen-bond acceptors (Lipinski definition) is 6. The van der Waals surface area contributed by atoms with E-state index >= 15 is 0 Å². The highest BCUT2D eigenvalue weighted by Gasteiger charge is 2.27. The normalized spacial score (nSPS) is 16.5. The molecule has 0 N–H and O–H groups in total. The van der Waals surface area contributed by atoms with Gasteiger partial charge in [0.2, 0.25) is 5.95 Å². The Kier molecular flexibility index (Phi) is 6.86. The number of benzene rings is 2. The molecule has 7 heteroatoms. The average Bonchev–Trinajstić information content (AvgIpc) is 2.89. The van der Waals surface area contributed by atoms with Crippen LogP contribution in [0.15, 0.2) is 54.6 Å². The summed E-state index contributed by atoms with van der Waals surface area (Å²) in [6.45, 7) is 10.7. The number of fused-ring (bicyclic) bond motifs is 1. The first-order valence-electron chi connectivity index (χ1n) is 12.6. The van der Waals surface area contributed by atoms with Crippen LogP contribution in [0.4, 0.5) is 21.8 Å². The number of para-hydroxylation sites is 1. The lowest BCUT2D eigenvalue weighted by molar-refractivity contribution is 0.243. The van der Waals surface area contributed by atoms with Gasteiger partial charge in [0.05, 0.1) is 5.69 Å². The maximum atomic E-state index is 13.3. The molecule has 0 spiro atoms. The van der Waals surface area contributed by atoms with Crippen molar-refractivity contribution in [2.75, 3.05) is 54.5 Å². The minimum Gasteiger partial charge on any atom is -0.368 e. The monoisotopic (exact) mass is 474 g/mol. The summed E-state index contributed by atoms with van der Waals surface area (Å²) in [4.78, 5) is 19.7. The van der Waals surface area contributed by atoms with E-state index < -0.39 is 0 Å². The molecular formula is C28H35FN6. The molecular weight excluding hydrogens is 439 g/mol. The first-order valence-corrected chi connectivity index (χ1v) is 12.6. The summed E-state index contributed by atoms with van der Waals surface area (Å²) < 4.78 is 13.3. The zero-order chi connectivity index (χ0) is 24.4. The highest BCUT2D eigenvalue weighted by molar-refractivity contribution is 5.55. The van der Waals surface area contributed by atoms with Crippen LogP contribution in [0.1, 0.15) is 30.7 Å². The lowest BCUT2D eigenvalue weighted by atomic mass is 10.0. The third-order valence-corrected chi connectivity index (χ3v) is 7.22. The lowest BCUT2D eigenvalue weighted by Crippen LogP contribution is -2.47. The van der Waals surface area contributed by atoms with Gasteiger partial charge in [-0.3, -0.25) is 4.90 Å². The highest BCUT2D eigenvalue weighted by Crippen LogP contribution is 2.30. The third kappa shape index (κ3) is 5.25. The molecule has 3 aromatic rings. The smallest absolute Gasteiger partial charge is 0.227 e. The maximum absolute atomic E-state index is 13.3. The summed E-state index contributed by atoms with van der Waals surface area (Å²) in [7, 11) is 2.13. The van der Waals surface area contributed by atoms with Gasteiger partial charge in [-0.1, -0.05) is 30.3 Å². The van der Waals surface area contributed by atoms with Crippen molar-refractivity contribution < 1.29 is 4.39 Å². The Morgan fingerprint density at radius 1 is 0.886 bits per heavy atom. The number of aromatic nitrogens is 2. The second-order valence-electron chi connectivity index (χ2n) is 9.87. The first kappa shape index (κ1) is 23.5. The summed E-state index contributed by atoms with van der Waals surface area (Å²) in [6.07, 6.45) is 0.898. The molecule has 5 rings (SSSR count). The van der Waals surface area contributed by atoms with Gasteiger partial charge >= 0.3 is 0 Å². The Bertz CT molecular complexity index is 1130. The average molecular weight is 475 g/mol. The van der Waals surface area contributed by atoms with E-state index in [-0.39, 0.29) is 5.82 Å². The minimum atomic E-state index is -0.191. The molecule has 2 aliphatic rings. The Hall–Kier alpha value is -3.19. The Morgan fingerprint density at radius 3 is 2.26 bits per heavy atom. The Balaban J connectivity index is 1.36. The molecule has 0 aliphatic carbocycles. The molecule has 0 radical (unpaired) electrons. The lowest BCUT2D eigenvalue weighted by Gasteiger charge is -2.38. The molecule has 3 heterocycles. The predicted molar refractivity (Wildman–Crippen MR) is 141 cm³/mol. The quantitative estimate of drug-likeness (QED) is 0.529. The van der Waals surface area contributed by atoms with Crippen molar-refractivity contribution in [2.24, 2.45) is 0 Å². The van der Waals surface area contributed by atoms with Gasteiger partial charge < -0.3 is 14.7 Å². The van der Waals surface area contributed by atoms with E-state index in [2.05, 4.69) is 70.8 Å². The fourth-order valence-corrected chi connectivity index (χ4v) is 4.90. The van der Waals surface area contributed by atoms with E-state index in [4.69, 9.17) is 9.97 Å². The number of hydrogen-bond donors (Lipinski definition) is 0. The fraction of sp³-hybridized carbons (Fsp3) is 0.429. The van der Waals surface area contributed by atoms with Crippen LogP contribution in [0, 0.1) is 5.82 Å². The van der Waals surface area contributed by atoms with E-state index in [9.17, 15) is 4.39 Å². The molecule has 0 unspecified atom stereocenters. The van der Waals surface area contributed by atoms with Crippen LogP contribution < -0.4 is 14.7 Å². The van der Waals surface area contributed by atoms with Crippen LogP contribution in [0.2, 0.25) is 0 Å². The first-order chi connectivity index (χ1) is 17.0. The van der Waals surface area contributed by atoms with Crippen molar-refractivity contribution in [1.82, 2.24) is 14.9 Å². The minimum absolute atomic E-state index is 0.191. The maximum Gasteiger partial charge on any atom is 0.227 e. The Morgan fingerprint density at radius 2 is 1.57 bits per heavy atom. The van der Waals surface area contributed by atoms with Crippen molar-refractivity contribution in [3.05, 3.63) is 77.2 Å². The van der Waals surface area contributed by atoms with Crippen LogP contribution >= 0.6 is 0 Å². The van der Waals surface area contributed by atoms with Gasteiger partial charge in [-0.2, -0.15) is 4.98 Å². The number of halogens is 1. The molecule has 0 atom stereocenters. The van der Waals surface area contributed by atoms with Gasteiger partial charge in [-0.25, -0.2) is 9.37 Å². The summed E-state index contributed by atoms with van der Waals surface area (Å²) in [6, 6.07) is 17.8. The SMILES string of the molecule is CC(C)N(C)c1nc(N2CCN(c3ccccc3)CC2)nc2c1CN(Cc1ccc(F)cc1)CC2. The van der Waals surface area contributed by atoms with E-state index in [1.165, 1.54) is 29.1 Å². The van der Waals surface area contributed by atoms with Crippen LogP contribution in [0.25, 0.3) is 0 Å². The van der Waals surface area contributed by atoms with Crippen molar-refractivity contribution in [1.29, 1.82) is 0 Å². The van der Waals surface area contributed by atoms with E-state index in [0.29, 0.717) is 6.04 Å². The summed E-state index contributed by atoms with van der Waals surface area (Å²) >= 11 is 0. The zero-order valence-corrected chi connectivity index (χ0v) is 21.0. The second-order valence-corrected chi connectivity index (χ2v) is 9.87. The predicted octanol–water partition coefficient (Wildman–Crippen LogP) is 4.35. The molecule has 1 aromatic heterocycles. The fourth-order valence-electron chi connectivity index (χ4n) is 4.90. The number of piperazine rings is 1. The largest absolute Gasteiger partial charge is 0.368 e. The number of anilines is 3. The third-order valence-electron chi connectivity index (χ3n) is 7.22. The van der Waals surface area contributed by atoms with E-state index in [1.807, 2.05) is 12.1 Å². The second kappa shape index (κ2) is 10.2. The molecule has 35 heavy (non-hydrogen) atoms. The van der Waals surface area contributed by atoms with Gasteiger partial charge in [0, 0.05) is 76.6 Å². The number of rotatable bonds is 6. The van der Waals surface area contributed by atoms with Gasteiger partial charge in [0.1, 0.15) is 11.6 Å². The van der Waals surface area contributed by atoms with Crippen molar-refractivity contribution in [3.8, 4) is 0 Å². The molecule has 1 saturated heterocycles. The topological polar surface area (TPSA) is 38.7 Å². The van der Waals surface area contributed by atoms with Crippen LogP contribution in [0.5, 0.6) is 0 Å². The van der Waals surface area contributed by atoms with Crippen molar-refractivity contribution in [3.63, 3.8) is 0 Å². The van der Waals surface area contributed by atoms with Crippen molar-refractivity contribution in [2.45, 2.75) is 39.4 Å². The summed E-state index contributed by atoms with van der Waals surface area (Å²) in [5.41, 5.74) is 4.79. The zero-order valence-electron chi connectivity index (χ0n) is 21.0. The van der Waals surface area contributed by atoms with Gasteiger partial charge in [-0.15, -0.1) is 0 Å². The molecule has 0 bridgehead atoms. The van der Waals surface area contributed by atoms with Crippen LogP contribution in [-0.4, -0.2) is 60.7 Å². The Labute approximate surface area is 208 Å². The molecule has 1 fully saturated rings. The molecule has 2 aromatic carbocycles. The molecule has 2 aliphatic heterocycles. The van der Waals surface area contributed by atoms with Crippen LogP contribution in [0.3, 0.4) is 0 Å². The van der Waals surface area contributed by atoms with E-state index in [1.54, 1.807) is 0 Å². The van der Waals surface area contributed by atoms with Gasteiger partial charge in [0.25, 0.3) is 0 Å². The molecule has 6 nitrogen and oxygen atoms in total. The molecule has 184 valence electrons.